The van der Waals surface area contributed by atoms with Crippen LogP contribution in [0.2, 0.25) is 0 Å². The van der Waals surface area contributed by atoms with Crippen LogP contribution in [-0.4, -0.2) is 42.0 Å². The number of nitrogens with zero attached hydrogens (tertiary/aromatic N) is 1. The summed E-state index contributed by atoms with van der Waals surface area (Å²) in [5, 5.41) is 15.7. The van der Waals surface area contributed by atoms with Gasteiger partial charge in [0.15, 0.2) is 6.10 Å². The quantitative estimate of drug-likeness (QED) is 0.239. The Bertz CT molecular complexity index is 1130. The lowest BCUT2D eigenvalue weighted by Crippen LogP contribution is -2.30. The molecule has 2 rings (SSSR count). The maximum atomic E-state index is 12.5. The first-order chi connectivity index (χ1) is 15.9. The monoisotopic (exact) mass is 481 g/mol. The summed E-state index contributed by atoms with van der Waals surface area (Å²) in [5.41, 5.74) is -0.435. The Morgan fingerprint density at radius 1 is 1.12 bits per heavy atom. The van der Waals surface area contributed by atoms with Gasteiger partial charge in [-0.05, 0) is 25.1 Å². The molecule has 0 aliphatic rings. The molecule has 1 amide bonds. The second-order valence-corrected chi connectivity index (χ2v) is 6.56. The van der Waals surface area contributed by atoms with Gasteiger partial charge in [-0.25, -0.2) is 4.79 Å². The Labute approximate surface area is 190 Å². The van der Waals surface area contributed by atoms with Crippen molar-refractivity contribution in [1.82, 2.24) is 0 Å². The number of alkyl halides is 3. The minimum Gasteiger partial charge on any atom is -0.495 e. The minimum absolute atomic E-state index is 0.0201. The van der Waals surface area contributed by atoms with E-state index in [9.17, 15) is 37.7 Å². The third kappa shape index (κ3) is 6.79. The second kappa shape index (κ2) is 10.9. The van der Waals surface area contributed by atoms with Gasteiger partial charge in [0.05, 0.1) is 29.0 Å². The number of nitro groups is 1. The Balaban J connectivity index is 2.11. The number of non-ortho nitro benzene ring substituents is 1. The third-order valence-electron chi connectivity index (χ3n) is 4.20. The van der Waals surface area contributed by atoms with E-state index in [2.05, 4.69) is 10.6 Å². The first-order valence-electron chi connectivity index (χ1n) is 9.41. The lowest BCUT2D eigenvalue weighted by atomic mass is 10.1. The van der Waals surface area contributed by atoms with Crippen molar-refractivity contribution < 1.29 is 42.0 Å². The molecule has 0 aliphatic heterocycles. The molecule has 0 aromatic heterocycles. The zero-order valence-electron chi connectivity index (χ0n) is 17.7. The van der Waals surface area contributed by atoms with Crippen LogP contribution in [0, 0.1) is 10.1 Å². The van der Waals surface area contributed by atoms with Crippen molar-refractivity contribution in [2.45, 2.75) is 19.2 Å². The fraction of sp³-hybridized carbons (Fsp3) is 0.190. The second-order valence-electron chi connectivity index (χ2n) is 6.56. The highest BCUT2D eigenvalue weighted by Gasteiger charge is 2.36. The topological polar surface area (TPSA) is 137 Å². The van der Waals surface area contributed by atoms with Crippen LogP contribution in [0.4, 0.5) is 30.2 Å². The molecule has 10 nitrogen and oxygen atoms in total. The van der Waals surface area contributed by atoms with Crippen LogP contribution in [0.15, 0.2) is 54.7 Å². The summed E-state index contributed by atoms with van der Waals surface area (Å²) in [6, 6.07) is 9.09. The molecule has 2 aromatic rings. The number of esters is 1. The van der Waals surface area contributed by atoms with E-state index in [1.54, 1.807) is 0 Å². The Hall–Kier alpha value is -4.42. The molecule has 1 atom stereocenters. The van der Waals surface area contributed by atoms with Gasteiger partial charge >= 0.3 is 12.1 Å². The van der Waals surface area contributed by atoms with Gasteiger partial charge in [-0.2, -0.15) is 13.2 Å². The predicted octanol–water partition coefficient (Wildman–Crippen LogP) is 3.84. The zero-order chi connectivity index (χ0) is 25.5. The fourth-order valence-corrected chi connectivity index (χ4v) is 2.51. The molecule has 0 fully saturated rings. The van der Waals surface area contributed by atoms with E-state index >= 15 is 0 Å². The van der Waals surface area contributed by atoms with Crippen molar-refractivity contribution in [3.05, 3.63) is 70.4 Å². The molecular weight excluding hydrogens is 463 g/mol. The van der Waals surface area contributed by atoms with E-state index in [1.165, 1.54) is 50.4 Å². The van der Waals surface area contributed by atoms with Gasteiger partial charge in [0.1, 0.15) is 5.75 Å². The number of ether oxygens (including phenoxy) is 2. The van der Waals surface area contributed by atoms with Crippen molar-refractivity contribution in [2.24, 2.45) is 0 Å². The number of nitrogens with one attached hydrogen (secondary N) is 2. The van der Waals surface area contributed by atoms with Gasteiger partial charge in [-0.3, -0.25) is 19.7 Å². The van der Waals surface area contributed by atoms with E-state index in [1.807, 2.05) is 0 Å². The van der Waals surface area contributed by atoms with Gasteiger partial charge in [-0.15, -0.1) is 0 Å². The number of hydrogen-bond acceptors (Lipinski definition) is 8. The Kier molecular flexibility index (Phi) is 8.31. The number of anilines is 2. The third-order valence-corrected chi connectivity index (χ3v) is 4.20. The van der Waals surface area contributed by atoms with E-state index in [-0.39, 0.29) is 34.5 Å². The van der Waals surface area contributed by atoms with Crippen molar-refractivity contribution in [3.63, 3.8) is 0 Å². The van der Waals surface area contributed by atoms with Gasteiger partial charge in [0, 0.05) is 24.4 Å². The number of benzene rings is 2. The Morgan fingerprint density at radius 3 is 2.41 bits per heavy atom. The van der Waals surface area contributed by atoms with Crippen LogP contribution in [-0.2, 0) is 14.3 Å². The lowest BCUT2D eigenvalue weighted by molar-refractivity contribution is -0.384. The highest BCUT2D eigenvalue weighted by molar-refractivity contribution is 6.00. The highest BCUT2D eigenvalue weighted by Crippen LogP contribution is 2.29. The SMILES string of the molecule is COc1ccc([N+](=O)[O-])cc1NC(=O)[C@@H](C)OC(=O)c1ccccc1N/C=C/C(=O)C(F)(F)F. The molecule has 13 heteroatoms. The maximum Gasteiger partial charge on any atom is 0.454 e. The number of ketones is 1. The summed E-state index contributed by atoms with van der Waals surface area (Å²) in [7, 11) is 1.29. The summed E-state index contributed by atoms with van der Waals surface area (Å²) >= 11 is 0. The number of carbonyl (C=O) groups is 3. The molecule has 2 aromatic carbocycles. The smallest absolute Gasteiger partial charge is 0.454 e. The maximum absolute atomic E-state index is 12.5. The number of allylic oxidation sites excluding steroid dienone is 1. The predicted molar refractivity (Wildman–Crippen MR) is 113 cm³/mol. The summed E-state index contributed by atoms with van der Waals surface area (Å²) in [5.74, 6) is -3.78. The number of methoxy groups -OCH3 is 1. The van der Waals surface area contributed by atoms with Crippen LogP contribution < -0.4 is 15.4 Å². The van der Waals surface area contributed by atoms with Crippen molar-refractivity contribution >= 4 is 34.7 Å². The molecule has 2 N–H and O–H groups in total. The van der Waals surface area contributed by atoms with Gasteiger partial charge in [0.25, 0.3) is 17.4 Å². The average Bonchev–Trinajstić information content (AvgIpc) is 2.78. The van der Waals surface area contributed by atoms with Crippen LogP contribution in [0.1, 0.15) is 17.3 Å². The first-order valence-corrected chi connectivity index (χ1v) is 9.41. The molecule has 0 saturated carbocycles. The Morgan fingerprint density at radius 2 is 1.79 bits per heavy atom. The molecule has 0 heterocycles. The summed E-state index contributed by atoms with van der Waals surface area (Å²) in [6.07, 6.45) is -5.44. The molecule has 0 aliphatic carbocycles. The summed E-state index contributed by atoms with van der Waals surface area (Å²) in [4.78, 5) is 46.2. The first kappa shape index (κ1) is 25.8. The van der Waals surface area contributed by atoms with Crippen molar-refractivity contribution in [1.29, 1.82) is 0 Å². The molecular formula is C21H18F3N3O7. The van der Waals surface area contributed by atoms with Crippen LogP contribution in [0.25, 0.3) is 0 Å². The number of para-hydroxylation sites is 1. The number of amides is 1. The van der Waals surface area contributed by atoms with E-state index in [4.69, 9.17) is 9.47 Å². The summed E-state index contributed by atoms with van der Waals surface area (Å²) in [6.45, 7) is 1.25. The molecule has 0 radical (unpaired) electrons. The van der Waals surface area contributed by atoms with Gasteiger partial charge in [0.2, 0.25) is 0 Å². The average molecular weight is 481 g/mol. The van der Waals surface area contributed by atoms with E-state index in [0.29, 0.717) is 6.20 Å². The molecule has 0 spiro atoms. The summed E-state index contributed by atoms with van der Waals surface area (Å²) < 4.78 is 47.0. The van der Waals surface area contributed by atoms with Crippen LogP contribution in [0.3, 0.4) is 0 Å². The van der Waals surface area contributed by atoms with Crippen LogP contribution in [0.5, 0.6) is 5.75 Å². The van der Waals surface area contributed by atoms with Gasteiger partial charge in [-0.1, -0.05) is 12.1 Å². The van der Waals surface area contributed by atoms with E-state index < -0.39 is 34.9 Å². The minimum atomic E-state index is -5.04. The molecule has 0 unspecified atom stereocenters. The van der Waals surface area contributed by atoms with Crippen molar-refractivity contribution in [2.75, 3.05) is 17.7 Å². The molecule has 34 heavy (non-hydrogen) atoms. The largest absolute Gasteiger partial charge is 0.495 e. The normalized spacial score (nSPS) is 12.0. The number of hydrogen-bond donors (Lipinski definition) is 2. The number of halogens is 3. The molecule has 180 valence electrons. The van der Waals surface area contributed by atoms with Crippen molar-refractivity contribution in [3.8, 4) is 5.75 Å². The fourth-order valence-electron chi connectivity index (χ4n) is 2.51. The number of nitro benzene ring substituents is 1. The highest BCUT2D eigenvalue weighted by atomic mass is 19.4. The van der Waals surface area contributed by atoms with E-state index in [0.717, 1.165) is 6.07 Å². The zero-order valence-corrected chi connectivity index (χ0v) is 17.7. The number of rotatable bonds is 9. The molecule has 0 bridgehead atoms. The standard InChI is InChI=1S/C21H18F3N3O7/c1-12(19(29)26-16-11-13(27(31)32)7-8-17(16)33-2)34-20(30)14-5-3-4-6-15(14)25-10-9-18(28)21(22,23)24/h3-12,25H,1-2H3,(H,26,29)/b10-9+/t12-/m1/s1. The lowest BCUT2D eigenvalue weighted by Gasteiger charge is -2.16. The molecule has 0 saturated heterocycles. The van der Waals surface area contributed by atoms with Crippen LogP contribution >= 0.6 is 0 Å². The number of carbonyl (C=O) groups excluding carboxylic acids is 3. The van der Waals surface area contributed by atoms with Gasteiger partial charge < -0.3 is 20.1 Å².